The van der Waals surface area contributed by atoms with Gasteiger partial charge in [-0.2, -0.15) is 0 Å². The maximum atomic E-state index is 13.6. The van der Waals surface area contributed by atoms with Gasteiger partial charge in [0.2, 0.25) is 0 Å². The number of nitrogens with zero attached hydrogens (tertiary/aromatic N) is 4. The van der Waals surface area contributed by atoms with Crippen LogP contribution in [0, 0.1) is 11.6 Å². The summed E-state index contributed by atoms with van der Waals surface area (Å²) in [6, 6.07) is 14.1. The Morgan fingerprint density at radius 1 is 1.00 bits per heavy atom. The molecule has 0 aliphatic carbocycles. The van der Waals surface area contributed by atoms with Crippen molar-refractivity contribution in [2.75, 3.05) is 37.7 Å². The van der Waals surface area contributed by atoms with E-state index in [1.54, 1.807) is 11.0 Å². The van der Waals surface area contributed by atoms with Gasteiger partial charge in [0, 0.05) is 37.8 Å². The van der Waals surface area contributed by atoms with Crippen LogP contribution in [0.15, 0.2) is 54.6 Å². The molecule has 0 radical (unpaired) electrons. The molecule has 4 rings (SSSR count). The molecule has 3 aromatic rings. The Morgan fingerprint density at radius 2 is 1.77 bits per heavy atom. The molecule has 0 unspecified atom stereocenters. The van der Waals surface area contributed by atoms with Crippen molar-refractivity contribution < 1.29 is 18.3 Å². The third kappa shape index (κ3) is 4.91. The molecule has 1 aliphatic rings. The van der Waals surface area contributed by atoms with E-state index in [1.165, 1.54) is 6.07 Å². The van der Waals surface area contributed by atoms with Gasteiger partial charge in [-0.3, -0.25) is 4.79 Å². The lowest BCUT2D eigenvalue weighted by atomic mass is 10.1. The van der Waals surface area contributed by atoms with Gasteiger partial charge in [0.1, 0.15) is 5.82 Å². The van der Waals surface area contributed by atoms with Gasteiger partial charge >= 0.3 is 0 Å². The summed E-state index contributed by atoms with van der Waals surface area (Å²) in [5.74, 6) is -1.23. The summed E-state index contributed by atoms with van der Waals surface area (Å²) >= 11 is 6.21. The second kappa shape index (κ2) is 9.26. The molecule has 0 bridgehead atoms. The summed E-state index contributed by atoms with van der Waals surface area (Å²) in [4.78, 5) is 16.0. The topological polar surface area (TPSA) is 58.6 Å². The van der Waals surface area contributed by atoms with Gasteiger partial charge in [0.05, 0.1) is 10.7 Å². The molecule has 0 N–H and O–H groups in total. The molecule has 2 aromatic carbocycles. The van der Waals surface area contributed by atoms with Crippen LogP contribution < -0.4 is 9.64 Å². The predicted molar refractivity (Wildman–Crippen MR) is 113 cm³/mol. The number of rotatable bonds is 5. The van der Waals surface area contributed by atoms with Crippen LogP contribution in [-0.4, -0.2) is 53.8 Å². The fourth-order valence-electron chi connectivity index (χ4n) is 3.31. The Labute approximate surface area is 183 Å². The van der Waals surface area contributed by atoms with Crippen LogP contribution in [0.4, 0.5) is 14.6 Å². The molecule has 6 nitrogen and oxygen atoms in total. The molecule has 1 saturated heterocycles. The quantitative estimate of drug-likeness (QED) is 0.599. The first kappa shape index (κ1) is 21.0. The van der Waals surface area contributed by atoms with Crippen LogP contribution in [0.25, 0.3) is 11.3 Å². The highest BCUT2D eigenvalue weighted by atomic mass is 35.5. The van der Waals surface area contributed by atoms with Crippen LogP contribution in [0.1, 0.15) is 0 Å². The number of aromatic nitrogens is 2. The van der Waals surface area contributed by atoms with Crippen molar-refractivity contribution in [1.82, 2.24) is 15.1 Å². The van der Waals surface area contributed by atoms with E-state index in [0.717, 1.165) is 17.7 Å². The lowest BCUT2D eigenvalue weighted by molar-refractivity contribution is -0.133. The van der Waals surface area contributed by atoms with E-state index in [-0.39, 0.29) is 18.3 Å². The first-order valence-corrected chi connectivity index (χ1v) is 10.1. The van der Waals surface area contributed by atoms with Crippen LogP contribution in [0.2, 0.25) is 5.02 Å². The number of piperazine rings is 1. The Bertz CT molecular complexity index is 1070. The minimum absolute atomic E-state index is 0.151. The van der Waals surface area contributed by atoms with Gasteiger partial charge in [0.15, 0.2) is 24.0 Å². The van der Waals surface area contributed by atoms with Crippen molar-refractivity contribution in [2.24, 2.45) is 0 Å². The number of hydrogen-bond acceptors (Lipinski definition) is 5. The number of amides is 1. The van der Waals surface area contributed by atoms with Crippen LogP contribution in [0.3, 0.4) is 0 Å². The SMILES string of the molecule is O=C(COc1ccc(F)cc1F)N1CCN(c2ccc(-c3ccccc3Cl)nn2)CC1. The normalized spacial score (nSPS) is 13.9. The van der Waals surface area contributed by atoms with Crippen molar-refractivity contribution in [3.8, 4) is 17.0 Å². The number of anilines is 1. The molecule has 160 valence electrons. The Balaban J connectivity index is 1.31. The zero-order valence-electron chi connectivity index (χ0n) is 16.5. The minimum atomic E-state index is -0.837. The monoisotopic (exact) mass is 444 g/mol. The van der Waals surface area contributed by atoms with Crippen LogP contribution >= 0.6 is 11.6 Å². The second-order valence-corrected chi connectivity index (χ2v) is 7.40. The zero-order valence-corrected chi connectivity index (χ0v) is 17.2. The fourth-order valence-corrected chi connectivity index (χ4v) is 3.55. The number of hydrogen-bond donors (Lipinski definition) is 0. The van der Waals surface area contributed by atoms with E-state index in [4.69, 9.17) is 16.3 Å². The van der Waals surface area contributed by atoms with Gasteiger partial charge < -0.3 is 14.5 Å². The molecule has 1 amide bonds. The predicted octanol–water partition coefficient (Wildman–Crippen LogP) is 3.80. The van der Waals surface area contributed by atoms with E-state index in [9.17, 15) is 13.6 Å². The molecule has 0 spiro atoms. The van der Waals surface area contributed by atoms with E-state index in [2.05, 4.69) is 10.2 Å². The molecule has 0 saturated carbocycles. The first-order valence-electron chi connectivity index (χ1n) is 9.70. The van der Waals surface area contributed by atoms with Gasteiger partial charge in [-0.1, -0.05) is 29.8 Å². The highest BCUT2D eigenvalue weighted by molar-refractivity contribution is 6.33. The standard InChI is InChI=1S/C22H19ClF2N4O2/c23-17-4-2-1-3-16(17)19-6-8-21(27-26-19)28-9-11-29(12-10-28)22(30)14-31-20-7-5-15(24)13-18(20)25/h1-8,13H,9-12,14H2. The second-order valence-electron chi connectivity index (χ2n) is 6.99. The van der Waals surface area contributed by atoms with Gasteiger partial charge in [0.25, 0.3) is 5.91 Å². The van der Waals surface area contributed by atoms with E-state index >= 15 is 0 Å². The van der Waals surface area contributed by atoms with Crippen LogP contribution in [0.5, 0.6) is 5.75 Å². The Kier molecular flexibility index (Phi) is 6.27. The number of benzene rings is 2. The van der Waals surface area contributed by atoms with Crippen molar-refractivity contribution in [3.05, 3.63) is 71.3 Å². The number of halogens is 3. The van der Waals surface area contributed by atoms with Crippen molar-refractivity contribution in [3.63, 3.8) is 0 Å². The summed E-state index contributed by atoms with van der Waals surface area (Å²) in [6.07, 6.45) is 0. The molecule has 2 heterocycles. The number of carbonyl (C=O) groups excluding carboxylic acids is 1. The average Bonchev–Trinajstić information content (AvgIpc) is 2.79. The van der Waals surface area contributed by atoms with E-state index in [1.807, 2.05) is 35.2 Å². The van der Waals surface area contributed by atoms with Crippen molar-refractivity contribution >= 4 is 23.3 Å². The Hall–Kier alpha value is -3.26. The van der Waals surface area contributed by atoms with Crippen molar-refractivity contribution in [1.29, 1.82) is 0 Å². The lowest BCUT2D eigenvalue weighted by Gasteiger charge is -2.35. The minimum Gasteiger partial charge on any atom is -0.481 e. The molecule has 31 heavy (non-hydrogen) atoms. The van der Waals surface area contributed by atoms with E-state index < -0.39 is 11.6 Å². The largest absolute Gasteiger partial charge is 0.481 e. The maximum Gasteiger partial charge on any atom is 0.260 e. The van der Waals surface area contributed by atoms with E-state index in [0.29, 0.717) is 42.7 Å². The highest BCUT2D eigenvalue weighted by Gasteiger charge is 2.23. The third-order valence-corrected chi connectivity index (χ3v) is 5.33. The van der Waals surface area contributed by atoms with Gasteiger partial charge in [-0.05, 0) is 30.3 Å². The fraction of sp³-hybridized carbons (Fsp3) is 0.227. The number of carbonyl (C=O) groups is 1. The molecule has 9 heteroatoms. The highest BCUT2D eigenvalue weighted by Crippen LogP contribution is 2.26. The maximum absolute atomic E-state index is 13.6. The molecule has 1 aliphatic heterocycles. The van der Waals surface area contributed by atoms with Crippen LogP contribution in [-0.2, 0) is 4.79 Å². The smallest absolute Gasteiger partial charge is 0.260 e. The Morgan fingerprint density at radius 3 is 2.45 bits per heavy atom. The summed E-state index contributed by atoms with van der Waals surface area (Å²) in [5.41, 5.74) is 1.50. The van der Waals surface area contributed by atoms with Crippen molar-refractivity contribution in [2.45, 2.75) is 0 Å². The van der Waals surface area contributed by atoms with Gasteiger partial charge in [-0.25, -0.2) is 8.78 Å². The summed E-state index contributed by atoms with van der Waals surface area (Å²) in [6.45, 7) is 1.80. The first-order chi connectivity index (χ1) is 15.0. The molecular weight excluding hydrogens is 426 g/mol. The summed E-state index contributed by atoms with van der Waals surface area (Å²) in [7, 11) is 0. The summed E-state index contributed by atoms with van der Waals surface area (Å²) in [5, 5.41) is 9.19. The lowest BCUT2D eigenvalue weighted by Crippen LogP contribution is -2.50. The molecule has 0 atom stereocenters. The molecule has 1 aromatic heterocycles. The third-order valence-electron chi connectivity index (χ3n) is 5.00. The average molecular weight is 445 g/mol. The summed E-state index contributed by atoms with van der Waals surface area (Å²) < 4.78 is 31.8. The zero-order chi connectivity index (χ0) is 21.8. The van der Waals surface area contributed by atoms with Gasteiger partial charge in [-0.15, -0.1) is 10.2 Å². The number of ether oxygens (including phenoxy) is 1. The molecular formula is C22H19ClF2N4O2. The molecule has 1 fully saturated rings.